The number of H-pyrrole nitrogens is 1. The summed E-state index contributed by atoms with van der Waals surface area (Å²) in [6.07, 6.45) is 3.80. The van der Waals surface area contributed by atoms with Crippen LogP contribution < -0.4 is 5.32 Å². The van der Waals surface area contributed by atoms with Crippen LogP contribution in [0.25, 0.3) is 11.3 Å². The summed E-state index contributed by atoms with van der Waals surface area (Å²) in [7, 11) is 0. The summed E-state index contributed by atoms with van der Waals surface area (Å²) >= 11 is 1.54. The summed E-state index contributed by atoms with van der Waals surface area (Å²) in [6, 6.07) is 6.27. The highest BCUT2D eigenvalue weighted by Crippen LogP contribution is 2.23. The summed E-state index contributed by atoms with van der Waals surface area (Å²) in [4.78, 5) is 16.4. The number of thiazole rings is 1. The highest BCUT2D eigenvalue weighted by atomic mass is 32.1. The Bertz CT molecular complexity index is 769. The molecule has 0 unspecified atom stereocenters. The van der Waals surface area contributed by atoms with Crippen LogP contribution in [0.15, 0.2) is 42.0 Å². The Morgan fingerprint density at radius 1 is 1.36 bits per heavy atom. The monoisotopic (exact) mass is 316 g/mol. The maximum Gasteiger partial charge on any atom is 0.255 e. The van der Waals surface area contributed by atoms with E-state index in [1.54, 1.807) is 35.7 Å². The van der Waals surface area contributed by atoms with E-state index in [4.69, 9.17) is 0 Å². The summed E-state index contributed by atoms with van der Waals surface area (Å²) < 4.78 is 13.8. The van der Waals surface area contributed by atoms with Gasteiger partial charge in [0.2, 0.25) is 0 Å². The smallest absolute Gasteiger partial charge is 0.255 e. The first kappa shape index (κ1) is 14.4. The summed E-state index contributed by atoms with van der Waals surface area (Å²) in [5, 5.41) is 12.2. The molecule has 0 saturated heterocycles. The number of halogens is 1. The van der Waals surface area contributed by atoms with Gasteiger partial charge in [0.25, 0.3) is 5.91 Å². The lowest BCUT2D eigenvalue weighted by atomic mass is 10.1. The Morgan fingerprint density at radius 2 is 2.23 bits per heavy atom. The Labute approximate surface area is 130 Å². The predicted octanol–water partition coefficient (Wildman–Crippen LogP) is 2.64. The maximum absolute atomic E-state index is 13.8. The molecular weight excluding hydrogens is 303 g/mol. The van der Waals surface area contributed by atoms with Crippen LogP contribution >= 0.6 is 11.3 Å². The molecule has 0 spiro atoms. The van der Waals surface area contributed by atoms with E-state index in [-0.39, 0.29) is 5.91 Å². The molecule has 3 aromatic rings. The van der Waals surface area contributed by atoms with E-state index in [0.29, 0.717) is 29.8 Å². The lowest BCUT2D eigenvalue weighted by molar-refractivity contribution is 0.0955. The number of carbonyl (C=O) groups excluding carboxylic acids is 1. The van der Waals surface area contributed by atoms with Crippen molar-refractivity contribution in [2.24, 2.45) is 0 Å². The maximum atomic E-state index is 13.8. The zero-order chi connectivity index (χ0) is 15.4. The molecule has 2 heterocycles. The Morgan fingerprint density at radius 3 is 3.00 bits per heavy atom. The highest BCUT2D eigenvalue weighted by molar-refractivity contribution is 7.09. The van der Waals surface area contributed by atoms with E-state index in [2.05, 4.69) is 20.5 Å². The normalized spacial score (nSPS) is 10.6. The number of hydrogen-bond acceptors (Lipinski definition) is 4. The van der Waals surface area contributed by atoms with Crippen molar-refractivity contribution in [1.29, 1.82) is 0 Å². The van der Waals surface area contributed by atoms with Crippen LogP contribution in [0.5, 0.6) is 0 Å². The largest absolute Gasteiger partial charge is 0.351 e. The quantitative estimate of drug-likeness (QED) is 0.760. The predicted molar refractivity (Wildman–Crippen MR) is 82.1 cm³/mol. The van der Waals surface area contributed by atoms with Crippen LogP contribution in [0.1, 0.15) is 15.4 Å². The molecule has 0 radical (unpaired) electrons. The van der Waals surface area contributed by atoms with E-state index in [1.807, 2.05) is 5.38 Å². The summed E-state index contributed by atoms with van der Waals surface area (Å²) in [5.41, 5.74) is 1.03. The van der Waals surface area contributed by atoms with Gasteiger partial charge in [0, 0.05) is 30.1 Å². The molecule has 22 heavy (non-hydrogen) atoms. The van der Waals surface area contributed by atoms with Gasteiger partial charge in [-0.15, -0.1) is 11.3 Å². The van der Waals surface area contributed by atoms with Gasteiger partial charge >= 0.3 is 0 Å². The van der Waals surface area contributed by atoms with Crippen molar-refractivity contribution in [3.63, 3.8) is 0 Å². The molecule has 0 aliphatic heterocycles. The summed E-state index contributed by atoms with van der Waals surface area (Å²) in [5.74, 6) is -0.688. The third kappa shape index (κ3) is 3.04. The molecule has 3 rings (SSSR count). The number of benzene rings is 1. The van der Waals surface area contributed by atoms with Crippen molar-refractivity contribution < 1.29 is 9.18 Å². The van der Waals surface area contributed by atoms with Crippen molar-refractivity contribution >= 4 is 17.2 Å². The van der Waals surface area contributed by atoms with Crippen molar-refractivity contribution in [3.05, 3.63) is 58.4 Å². The standard InChI is InChI=1S/C15H13FN4OS/c16-12-4-2-1-3-10(12)14-11(9-19-20-14)15(21)18-6-5-13-17-7-8-22-13/h1-4,7-9H,5-6H2,(H,18,21)(H,19,20). The molecule has 0 bridgehead atoms. The van der Waals surface area contributed by atoms with Gasteiger partial charge < -0.3 is 5.32 Å². The molecular formula is C15H13FN4OS. The van der Waals surface area contributed by atoms with E-state index < -0.39 is 5.82 Å². The molecule has 0 fully saturated rings. The van der Waals surface area contributed by atoms with Gasteiger partial charge in [-0.1, -0.05) is 12.1 Å². The van der Waals surface area contributed by atoms with E-state index in [1.165, 1.54) is 12.3 Å². The number of nitrogens with zero attached hydrogens (tertiary/aromatic N) is 2. The molecule has 0 atom stereocenters. The van der Waals surface area contributed by atoms with Crippen LogP contribution in [0, 0.1) is 5.82 Å². The topological polar surface area (TPSA) is 70.7 Å². The fraction of sp³-hybridized carbons (Fsp3) is 0.133. The number of aromatic amines is 1. The third-order valence-corrected chi connectivity index (χ3v) is 3.97. The molecule has 112 valence electrons. The third-order valence-electron chi connectivity index (χ3n) is 3.14. The van der Waals surface area contributed by atoms with Gasteiger partial charge in [0.1, 0.15) is 5.82 Å². The van der Waals surface area contributed by atoms with Gasteiger partial charge in [-0.3, -0.25) is 9.89 Å². The van der Waals surface area contributed by atoms with E-state index >= 15 is 0 Å². The highest BCUT2D eigenvalue weighted by Gasteiger charge is 2.17. The number of hydrogen-bond donors (Lipinski definition) is 2. The fourth-order valence-corrected chi connectivity index (χ4v) is 2.70. The molecule has 0 aliphatic rings. The van der Waals surface area contributed by atoms with Crippen LogP contribution in [0.2, 0.25) is 0 Å². The average molecular weight is 316 g/mol. The SMILES string of the molecule is O=C(NCCc1nccs1)c1cn[nH]c1-c1ccccc1F. The lowest BCUT2D eigenvalue weighted by Gasteiger charge is -2.05. The Balaban J connectivity index is 1.71. The number of rotatable bonds is 5. The first-order chi connectivity index (χ1) is 10.8. The molecule has 2 N–H and O–H groups in total. The van der Waals surface area contributed by atoms with Gasteiger partial charge in [0.15, 0.2) is 0 Å². The summed E-state index contributed by atoms with van der Waals surface area (Å²) in [6.45, 7) is 0.467. The minimum absolute atomic E-state index is 0.288. The second kappa shape index (κ2) is 6.48. The Hall–Kier alpha value is -2.54. The number of nitrogens with one attached hydrogen (secondary N) is 2. The van der Waals surface area contributed by atoms with Crippen LogP contribution in [0.3, 0.4) is 0 Å². The van der Waals surface area contributed by atoms with Crippen molar-refractivity contribution in [3.8, 4) is 11.3 Å². The minimum Gasteiger partial charge on any atom is -0.351 e. The average Bonchev–Trinajstić information content (AvgIpc) is 3.18. The second-order valence-corrected chi connectivity index (χ2v) is 5.55. The Kier molecular flexibility index (Phi) is 4.24. The van der Waals surface area contributed by atoms with Crippen molar-refractivity contribution in [1.82, 2.24) is 20.5 Å². The zero-order valence-electron chi connectivity index (χ0n) is 11.5. The second-order valence-electron chi connectivity index (χ2n) is 4.57. The van der Waals surface area contributed by atoms with Crippen LogP contribution in [-0.4, -0.2) is 27.6 Å². The number of aromatic nitrogens is 3. The lowest BCUT2D eigenvalue weighted by Crippen LogP contribution is -2.25. The minimum atomic E-state index is -0.399. The molecule has 5 nitrogen and oxygen atoms in total. The van der Waals surface area contributed by atoms with Crippen LogP contribution in [0.4, 0.5) is 4.39 Å². The first-order valence-corrected chi connectivity index (χ1v) is 7.58. The molecule has 1 aromatic carbocycles. The van der Waals surface area contributed by atoms with Gasteiger partial charge in [0.05, 0.1) is 22.5 Å². The van der Waals surface area contributed by atoms with E-state index in [9.17, 15) is 9.18 Å². The molecule has 0 saturated carbocycles. The fourth-order valence-electron chi connectivity index (χ4n) is 2.08. The van der Waals surface area contributed by atoms with Gasteiger partial charge in [-0.05, 0) is 12.1 Å². The van der Waals surface area contributed by atoms with Crippen molar-refractivity contribution in [2.45, 2.75) is 6.42 Å². The molecule has 7 heteroatoms. The molecule has 2 aromatic heterocycles. The molecule has 0 aliphatic carbocycles. The number of carbonyl (C=O) groups is 1. The van der Waals surface area contributed by atoms with Crippen molar-refractivity contribution in [2.75, 3.05) is 6.54 Å². The van der Waals surface area contributed by atoms with E-state index in [0.717, 1.165) is 5.01 Å². The zero-order valence-corrected chi connectivity index (χ0v) is 12.4. The number of amides is 1. The van der Waals surface area contributed by atoms with Crippen LogP contribution in [-0.2, 0) is 6.42 Å². The molecule has 1 amide bonds. The first-order valence-electron chi connectivity index (χ1n) is 6.70. The van der Waals surface area contributed by atoms with Gasteiger partial charge in [-0.25, -0.2) is 9.37 Å². The van der Waals surface area contributed by atoms with Gasteiger partial charge in [-0.2, -0.15) is 5.10 Å².